The molecule has 1 N–H and O–H groups in total. The lowest BCUT2D eigenvalue weighted by atomic mass is 10.1. The molecule has 0 bridgehead atoms. The second-order valence-corrected chi connectivity index (χ2v) is 8.74. The molecule has 0 radical (unpaired) electrons. The van der Waals surface area contributed by atoms with Crippen molar-refractivity contribution >= 4 is 63.5 Å². The molecule has 28 heavy (non-hydrogen) atoms. The van der Waals surface area contributed by atoms with Crippen LogP contribution < -0.4 is 14.8 Å². The monoisotopic (exact) mass is 453 g/mol. The molecule has 1 heterocycles. The van der Waals surface area contributed by atoms with Gasteiger partial charge in [0.25, 0.3) is 5.91 Å². The van der Waals surface area contributed by atoms with Crippen molar-refractivity contribution in [1.29, 1.82) is 0 Å². The Bertz CT molecular complexity index is 956. The Morgan fingerprint density at radius 1 is 1.07 bits per heavy atom. The number of amides is 1. The summed E-state index contributed by atoms with van der Waals surface area (Å²) in [6.07, 6.45) is 1.66. The molecule has 0 atom stereocenters. The minimum atomic E-state index is -0.254. The van der Waals surface area contributed by atoms with Crippen LogP contribution in [0.5, 0.6) is 11.5 Å². The second kappa shape index (κ2) is 9.18. The van der Waals surface area contributed by atoms with Crippen LogP contribution in [0.25, 0.3) is 6.08 Å². The Morgan fingerprint density at radius 2 is 1.75 bits per heavy atom. The molecule has 1 aliphatic rings. The number of halogens is 2. The van der Waals surface area contributed by atoms with Gasteiger partial charge in [-0.1, -0.05) is 53.2 Å². The van der Waals surface area contributed by atoms with Gasteiger partial charge in [0.1, 0.15) is 29.0 Å². The summed E-state index contributed by atoms with van der Waals surface area (Å²) in [7, 11) is 0. The van der Waals surface area contributed by atoms with Gasteiger partial charge in [0, 0.05) is 10.6 Å². The normalized spacial score (nSPS) is 15.1. The maximum Gasteiger partial charge on any atom is 0.263 e. The first kappa shape index (κ1) is 21.0. The van der Waals surface area contributed by atoms with E-state index in [4.69, 9.17) is 44.9 Å². The number of carbonyl (C=O) groups excluding carboxylic acids is 1. The molecule has 8 heteroatoms. The highest BCUT2D eigenvalue weighted by Gasteiger charge is 2.23. The number of thiocarbonyl (C=S) groups is 1. The third-order valence-corrected chi connectivity index (χ3v) is 5.42. The summed E-state index contributed by atoms with van der Waals surface area (Å²) in [4.78, 5) is 12.4. The summed E-state index contributed by atoms with van der Waals surface area (Å²) < 4.78 is 12.0. The van der Waals surface area contributed by atoms with Crippen LogP contribution in [0.3, 0.4) is 0 Å². The third-order valence-electron chi connectivity index (χ3n) is 3.76. The molecule has 1 fully saturated rings. The van der Waals surface area contributed by atoms with Gasteiger partial charge < -0.3 is 14.8 Å². The molecule has 2 aromatic rings. The van der Waals surface area contributed by atoms with Crippen molar-refractivity contribution in [2.24, 2.45) is 0 Å². The Kier molecular flexibility index (Phi) is 6.88. The van der Waals surface area contributed by atoms with Crippen LogP contribution in [0.1, 0.15) is 16.7 Å². The average Bonchev–Trinajstić information content (AvgIpc) is 2.89. The Morgan fingerprint density at radius 3 is 2.39 bits per heavy atom. The van der Waals surface area contributed by atoms with Gasteiger partial charge in [-0.05, 0) is 55.3 Å². The van der Waals surface area contributed by atoms with Crippen molar-refractivity contribution in [3.8, 4) is 11.5 Å². The summed E-state index contributed by atoms with van der Waals surface area (Å²) >= 11 is 18.6. The van der Waals surface area contributed by atoms with Crippen LogP contribution in [0.15, 0.2) is 35.2 Å². The van der Waals surface area contributed by atoms with E-state index in [0.717, 1.165) is 16.9 Å². The number of hydrogen-bond donors (Lipinski definition) is 1. The van der Waals surface area contributed by atoms with E-state index in [0.29, 0.717) is 37.2 Å². The van der Waals surface area contributed by atoms with Gasteiger partial charge in [-0.25, -0.2) is 0 Å². The Hall–Kier alpha value is -1.73. The first-order valence-electron chi connectivity index (χ1n) is 8.39. The lowest BCUT2D eigenvalue weighted by Crippen LogP contribution is -2.17. The number of rotatable bonds is 6. The van der Waals surface area contributed by atoms with E-state index in [1.54, 1.807) is 18.2 Å². The molecule has 1 amide bonds. The number of nitrogens with one attached hydrogen (secondary N) is 1. The first-order chi connectivity index (χ1) is 13.3. The van der Waals surface area contributed by atoms with Crippen molar-refractivity contribution in [3.63, 3.8) is 0 Å². The number of carbonyl (C=O) groups is 1. The zero-order valence-corrected chi connectivity index (χ0v) is 18.3. The maximum absolute atomic E-state index is 11.9. The van der Waals surface area contributed by atoms with Crippen molar-refractivity contribution in [2.75, 3.05) is 13.2 Å². The fourth-order valence-electron chi connectivity index (χ4n) is 2.72. The smallest absolute Gasteiger partial charge is 0.263 e. The highest BCUT2D eigenvalue weighted by Crippen LogP contribution is 2.36. The van der Waals surface area contributed by atoms with Crippen molar-refractivity contribution in [2.45, 2.75) is 13.8 Å². The molecule has 4 nitrogen and oxygen atoms in total. The van der Waals surface area contributed by atoms with Gasteiger partial charge in [-0.2, -0.15) is 0 Å². The molecule has 2 aromatic carbocycles. The summed E-state index contributed by atoms with van der Waals surface area (Å²) in [5.74, 6) is 0.974. The van der Waals surface area contributed by atoms with Gasteiger partial charge in [-0.3, -0.25) is 4.79 Å². The van der Waals surface area contributed by atoms with E-state index in [-0.39, 0.29) is 12.5 Å². The SMILES string of the molecule is Cc1cc(C)cc(OCCOc2c(Cl)cc(Cl)cc2/C=C2\SC(=S)NC2=O)c1. The van der Waals surface area contributed by atoms with E-state index >= 15 is 0 Å². The van der Waals surface area contributed by atoms with Gasteiger partial charge >= 0.3 is 0 Å². The van der Waals surface area contributed by atoms with Crippen LogP contribution in [0, 0.1) is 13.8 Å². The van der Waals surface area contributed by atoms with E-state index < -0.39 is 0 Å². The molecule has 1 saturated heterocycles. The summed E-state index contributed by atoms with van der Waals surface area (Å²) in [6, 6.07) is 9.31. The van der Waals surface area contributed by atoms with E-state index in [2.05, 4.69) is 11.4 Å². The second-order valence-electron chi connectivity index (χ2n) is 6.18. The number of aryl methyl sites for hydroxylation is 2. The van der Waals surface area contributed by atoms with Crippen LogP contribution in [0.4, 0.5) is 0 Å². The van der Waals surface area contributed by atoms with Gasteiger partial charge in [-0.15, -0.1) is 0 Å². The number of benzene rings is 2. The van der Waals surface area contributed by atoms with Gasteiger partial charge in [0.15, 0.2) is 0 Å². The summed E-state index contributed by atoms with van der Waals surface area (Å²) in [5.41, 5.74) is 2.87. The fourth-order valence-corrected chi connectivity index (χ4v) is 4.32. The molecule has 0 aromatic heterocycles. The lowest BCUT2D eigenvalue weighted by molar-refractivity contribution is -0.115. The predicted octanol–water partition coefficient (Wildman–Crippen LogP) is 5.56. The van der Waals surface area contributed by atoms with Crippen LogP contribution in [-0.2, 0) is 4.79 Å². The van der Waals surface area contributed by atoms with Gasteiger partial charge in [0.2, 0.25) is 0 Å². The van der Waals surface area contributed by atoms with E-state index in [9.17, 15) is 4.79 Å². The first-order valence-corrected chi connectivity index (χ1v) is 10.4. The number of hydrogen-bond acceptors (Lipinski definition) is 5. The van der Waals surface area contributed by atoms with E-state index in [1.807, 2.05) is 26.0 Å². The Labute approximate surface area is 183 Å². The molecular formula is C20H17Cl2NO3S2. The van der Waals surface area contributed by atoms with Gasteiger partial charge in [0.05, 0.1) is 9.93 Å². The van der Waals surface area contributed by atoms with Crippen LogP contribution >= 0.6 is 47.2 Å². The zero-order valence-electron chi connectivity index (χ0n) is 15.2. The van der Waals surface area contributed by atoms with Crippen LogP contribution in [0.2, 0.25) is 10.0 Å². The average molecular weight is 454 g/mol. The summed E-state index contributed by atoms with van der Waals surface area (Å²) in [6.45, 7) is 4.67. The molecular weight excluding hydrogens is 437 g/mol. The molecule has 3 rings (SSSR count). The zero-order chi connectivity index (χ0) is 20.3. The maximum atomic E-state index is 11.9. The van der Waals surface area contributed by atoms with Crippen molar-refractivity contribution in [1.82, 2.24) is 5.32 Å². The van der Waals surface area contributed by atoms with E-state index in [1.165, 1.54) is 11.8 Å². The summed E-state index contributed by atoms with van der Waals surface area (Å²) in [5, 5.41) is 3.38. The fraction of sp³-hybridized carbons (Fsp3) is 0.200. The third kappa shape index (κ3) is 5.41. The highest BCUT2D eigenvalue weighted by molar-refractivity contribution is 8.26. The standard InChI is InChI=1S/C20H17Cl2NO3S2/c1-11-5-12(2)7-15(6-11)25-3-4-26-18-13(8-14(21)10-16(18)22)9-17-19(24)23-20(27)28-17/h5-10H,3-4H2,1-2H3,(H,23,24,27)/b17-9-. The number of ether oxygens (including phenoxy) is 2. The topological polar surface area (TPSA) is 47.6 Å². The Balaban J connectivity index is 1.72. The quantitative estimate of drug-likeness (QED) is 0.352. The molecule has 146 valence electrons. The molecule has 0 unspecified atom stereocenters. The van der Waals surface area contributed by atoms with Crippen molar-refractivity contribution < 1.29 is 14.3 Å². The predicted molar refractivity (Wildman–Crippen MR) is 120 cm³/mol. The molecule has 0 saturated carbocycles. The minimum absolute atomic E-state index is 0.254. The molecule has 1 aliphatic heterocycles. The van der Waals surface area contributed by atoms with Crippen molar-refractivity contribution in [3.05, 3.63) is 62.0 Å². The van der Waals surface area contributed by atoms with Crippen LogP contribution in [-0.4, -0.2) is 23.4 Å². The largest absolute Gasteiger partial charge is 0.490 e. The molecule has 0 aliphatic carbocycles. The lowest BCUT2D eigenvalue weighted by Gasteiger charge is -2.13. The molecule has 0 spiro atoms. The highest BCUT2D eigenvalue weighted by atomic mass is 35.5. The minimum Gasteiger partial charge on any atom is -0.490 e. The number of thioether (sulfide) groups is 1.